The van der Waals surface area contributed by atoms with Crippen LogP contribution in [0.2, 0.25) is 0 Å². The van der Waals surface area contributed by atoms with Gasteiger partial charge in [-0.2, -0.15) is 0 Å². The van der Waals surface area contributed by atoms with E-state index in [0.29, 0.717) is 31.0 Å². The zero-order chi connectivity index (χ0) is 18.4. The second-order valence-electron chi connectivity index (χ2n) is 7.27. The molecule has 0 spiro atoms. The SMILES string of the molecule is Cc1ccc(OCCN)c(C(=O)NCc2ccc(C(C)(C)C)cc2)c1. The van der Waals surface area contributed by atoms with Gasteiger partial charge in [0.05, 0.1) is 5.56 Å². The molecule has 3 N–H and O–H groups in total. The third-order valence-corrected chi connectivity index (χ3v) is 4.03. The first-order chi connectivity index (χ1) is 11.8. The zero-order valence-electron chi connectivity index (χ0n) is 15.6. The molecule has 25 heavy (non-hydrogen) atoms. The van der Waals surface area contributed by atoms with Crippen LogP contribution in [0.4, 0.5) is 0 Å². The predicted octanol–water partition coefficient (Wildman–Crippen LogP) is 3.56. The monoisotopic (exact) mass is 340 g/mol. The minimum atomic E-state index is -0.143. The van der Waals surface area contributed by atoms with Crippen molar-refractivity contribution < 1.29 is 9.53 Å². The Morgan fingerprint density at radius 1 is 1.12 bits per heavy atom. The highest BCUT2D eigenvalue weighted by molar-refractivity contribution is 5.97. The van der Waals surface area contributed by atoms with Crippen LogP contribution in [0, 0.1) is 6.92 Å². The van der Waals surface area contributed by atoms with Crippen molar-refractivity contribution in [1.29, 1.82) is 0 Å². The lowest BCUT2D eigenvalue weighted by Gasteiger charge is -2.19. The van der Waals surface area contributed by atoms with Gasteiger partial charge < -0.3 is 15.8 Å². The maximum Gasteiger partial charge on any atom is 0.255 e. The third kappa shape index (κ3) is 5.33. The number of carbonyl (C=O) groups excluding carboxylic acids is 1. The van der Waals surface area contributed by atoms with E-state index in [2.05, 4.69) is 50.4 Å². The summed E-state index contributed by atoms with van der Waals surface area (Å²) in [7, 11) is 0. The van der Waals surface area contributed by atoms with Crippen LogP contribution in [0.3, 0.4) is 0 Å². The van der Waals surface area contributed by atoms with Crippen LogP contribution >= 0.6 is 0 Å². The van der Waals surface area contributed by atoms with Crippen LogP contribution in [0.5, 0.6) is 5.75 Å². The molecule has 2 aromatic rings. The molecule has 0 aliphatic carbocycles. The van der Waals surface area contributed by atoms with Gasteiger partial charge in [-0.3, -0.25) is 4.79 Å². The average Bonchev–Trinajstić information content (AvgIpc) is 2.58. The minimum Gasteiger partial charge on any atom is -0.491 e. The molecule has 0 bridgehead atoms. The Bertz CT molecular complexity index is 716. The number of nitrogens with two attached hydrogens (primary N) is 1. The van der Waals surface area contributed by atoms with Crippen molar-refractivity contribution in [3.63, 3.8) is 0 Å². The fraction of sp³-hybridized carbons (Fsp3) is 0.381. The summed E-state index contributed by atoms with van der Waals surface area (Å²) < 4.78 is 5.58. The Kier molecular flexibility index (Phi) is 6.21. The van der Waals surface area contributed by atoms with Crippen molar-refractivity contribution in [3.05, 3.63) is 64.7 Å². The maximum absolute atomic E-state index is 12.6. The average molecular weight is 340 g/mol. The number of amides is 1. The van der Waals surface area contributed by atoms with Crippen LogP contribution in [0.25, 0.3) is 0 Å². The smallest absolute Gasteiger partial charge is 0.255 e. The number of aryl methyl sites for hydroxylation is 1. The molecule has 0 saturated carbocycles. The van der Waals surface area contributed by atoms with E-state index in [1.807, 2.05) is 25.1 Å². The van der Waals surface area contributed by atoms with E-state index in [1.165, 1.54) is 5.56 Å². The highest BCUT2D eigenvalue weighted by Gasteiger charge is 2.14. The molecule has 134 valence electrons. The molecule has 0 saturated heterocycles. The molecule has 2 rings (SSSR count). The number of carbonyl (C=O) groups is 1. The summed E-state index contributed by atoms with van der Waals surface area (Å²) in [6.07, 6.45) is 0. The molecule has 0 aliphatic rings. The van der Waals surface area contributed by atoms with Crippen LogP contribution < -0.4 is 15.8 Å². The molecular weight excluding hydrogens is 312 g/mol. The Hall–Kier alpha value is -2.33. The maximum atomic E-state index is 12.6. The number of nitrogens with one attached hydrogen (secondary N) is 1. The van der Waals surface area contributed by atoms with Crippen molar-refractivity contribution >= 4 is 5.91 Å². The van der Waals surface area contributed by atoms with E-state index in [4.69, 9.17) is 10.5 Å². The van der Waals surface area contributed by atoms with Crippen molar-refractivity contribution in [2.45, 2.75) is 39.7 Å². The Morgan fingerprint density at radius 2 is 1.80 bits per heavy atom. The first-order valence-electron chi connectivity index (χ1n) is 8.62. The quantitative estimate of drug-likeness (QED) is 0.845. The van der Waals surface area contributed by atoms with E-state index >= 15 is 0 Å². The van der Waals surface area contributed by atoms with E-state index in [-0.39, 0.29) is 11.3 Å². The van der Waals surface area contributed by atoms with Gasteiger partial charge in [-0.15, -0.1) is 0 Å². The topological polar surface area (TPSA) is 64.3 Å². The fourth-order valence-corrected chi connectivity index (χ4v) is 2.52. The number of hydrogen-bond donors (Lipinski definition) is 2. The summed E-state index contributed by atoms with van der Waals surface area (Å²) in [5.74, 6) is 0.423. The van der Waals surface area contributed by atoms with Crippen molar-refractivity contribution in [2.75, 3.05) is 13.2 Å². The molecule has 4 nitrogen and oxygen atoms in total. The van der Waals surface area contributed by atoms with Crippen molar-refractivity contribution in [1.82, 2.24) is 5.32 Å². The third-order valence-electron chi connectivity index (χ3n) is 4.03. The van der Waals surface area contributed by atoms with Crippen LogP contribution in [-0.2, 0) is 12.0 Å². The summed E-state index contributed by atoms with van der Waals surface area (Å²) in [5.41, 5.74) is 9.51. The Labute approximate surface area is 150 Å². The van der Waals surface area contributed by atoms with Gasteiger partial charge in [0.1, 0.15) is 12.4 Å². The molecule has 0 aromatic heterocycles. The molecular formula is C21H28N2O2. The van der Waals surface area contributed by atoms with Gasteiger partial charge >= 0.3 is 0 Å². The predicted molar refractivity (Wildman–Crippen MR) is 102 cm³/mol. The van der Waals surface area contributed by atoms with Gasteiger partial charge in [0.2, 0.25) is 0 Å². The molecule has 4 heteroatoms. The lowest BCUT2D eigenvalue weighted by atomic mass is 9.87. The Morgan fingerprint density at radius 3 is 2.40 bits per heavy atom. The Balaban J connectivity index is 2.06. The molecule has 1 amide bonds. The normalized spacial score (nSPS) is 11.2. The van der Waals surface area contributed by atoms with Gasteiger partial charge in [0.15, 0.2) is 0 Å². The van der Waals surface area contributed by atoms with E-state index in [0.717, 1.165) is 11.1 Å². The highest BCUT2D eigenvalue weighted by atomic mass is 16.5. The summed E-state index contributed by atoms with van der Waals surface area (Å²) in [6.45, 7) is 9.79. The summed E-state index contributed by atoms with van der Waals surface area (Å²) in [4.78, 5) is 12.6. The van der Waals surface area contributed by atoms with E-state index < -0.39 is 0 Å². The van der Waals surface area contributed by atoms with Crippen LogP contribution in [0.15, 0.2) is 42.5 Å². The van der Waals surface area contributed by atoms with E-state index in [9.17, 15) is 4.79 Å². The van der Waals surface area contributed by atoms with Crippen LogP contribution in [0.1, 0.15) is 47.8 Å². The number of benzene rings is 2. The van der Waals surface area contributed by atoms with Crippen molar-refractivity contribution in [2.24, 2.45) is 5.73 Å². The molecule has 2 aromatic carbocycles. The van der Waals surface area contributed by atoms with Crippen molar-refractivity contribution in [3.8, 4) is 5.75 Å². The molecule has 0 aliphatic heterocycles. The largest absolute Gasteiger partial charge is 0.491 e. The summed E-state index contributed by atoms with van der Waals surface area (Å²) in [6, 6.07) is 13.9. The van der Waals surface area contributed by atoms with Gasteiger partial charge in [-0.25, -0.2) is 0 Å². The minimum absolute atomic E-state index is 0.124. The van der Waals surface area contributed by atoms with Gasteiger partial charge in [0, 0.05) is 13.1 Å². The van der Waals surface area contributed by atoms with Gasteiger partial charge in [0.25, 0.3) is 5.91 Å². The van der Waals surface area contributed by atoms with Crippen LogP contribution in [-0.4, -0.2) is 19.1 Å². The lowest BCUT2D eigenvalue weighted by Crippen LogP contribution is -2.24. The highest BCUT2D eigenvalue weighted by Crippen LogP contribution is 2.23. The summed E-state index contributed by atoms with van der Waals surface area (Å²) >= 11 is 0. The number of rotatable bonds is 6. The molecule has 0 unspecified atom stereocenters. The molecule has 0 radical (unpaired) electrons. The standard InChI is InChI=1S/C21H28N2O2/c1-15-5-10-19(25-12-11-22)18(13-15)20(24)23-14-16-6-8-17(9-7-16)21(2,3)4/h5-10,13H,11-12,14,22H2,1-4H3,(H,23,24). The first-order valence-corrected chi connectivity index (χ1v) is 8.62. The second-order valence-corrected chi connectivity index (χ2v) is 7.27. The first kappa shape index (κ1) is 19.0. The van der Waals surface area contributed by atoms with Gasteiger partial charge in [-0.1, -0.05) is 56.7 Å². The van der Waals surface area contributed by atoms with E-state index in [1.54, 1.807) is 0 Å². The summed E-state index contributed by atoms with van der Waals surface area (Å²) in [5, 5.41) is 2.97. The van der Waals surface area contributed by atoms with Gasteiger partial charge in [-0.05, 0) is 35.6 Å². The molecule has 0 heterocycles. The molecule has 0 fully saturated rings. The number of ether oxygens (including phenoxy) is 1. The fourth-order valence-electron chi connectivity index (χ4n) is 2.52. The lowest BCUT2D eigenvalue weighted by molar-refractivity contribution is 0.0947. The zero-order valence-corrected chi connectivity index (χ0v) is 15.6. The molecule has 0 atom stereocenters. The second kappa shape index (κ2) is 8.17. The number of hydrogen-bond acceptors (Lipinski definition) is 3.